The molecule has 2 aliphatic heterocycles. The molecule has 7 nitrogen and oxygen atoms in total. The highest BCUT2D eigenvalue weighted by molar-refractivity contribution is 5.49. The van der Waals surface area contributed by atoms with Crippen molar-refractivity contribution in [3.63, 3.8) is 0 Å². The Kier molecular flexibility index (Phi) is 6.47. The smallest absolute Gasteiger partial charge is 0.137 e. The van der Waals surface area contributed by atoms with Crippen molar-refractivity contribution in [3.8, 4) is 5.75 Å². The van der Waals surface area contributed by atoms with Gasteiger partial charge in [0.2, 0.25) is 0 Å². The van der Waals surface area contributed by atoms with Gasteiger partial charge in [0.15, 0.2) is 0 Å². The lowest BCUT2D eigenvalue weighted by Gasteiger charge is -2.34. The summed E-state index contributed by atoms with van der Waals surface area (Å²) in [7, 11) is 2.14. The molecule has 0 aliphatic carbocycles. The number of rotatable bonds is 7. The molecule has 5 rings (SSSR count). The fourth-order valence-electron chi connectivity index (χ4n) is 4.82. The Morgan fingerprint density at radius 1 is 1.09 bits per heavy atom. The lowest BCUT2D eigenvalue weighted by atomic mass is 9.87. The number of hydrogen-bond acceptors (Lipinski definition) is 6. The van der Waals surface area contributed by atoms with E-state index in [1.54, 1.807) is 11.0 Å². The van der Waals surface area contributed by atoms with E-state index >= 15 is 0 Å². The molecule has 180 valence electrons. The van der Waals surface area contributed by atoms with Crippen LogP contribution in [0.1, 0.15) is 12.0 Å². The maximum atomic E-state index is 14.8. The molecule has 0 N–H and O–H groups in total. The molecule has 2 atom stereocenters. The molecule has 0 saturated carbocycles. The summed E-state index contributed by atoms with van der Waals surface area (Å²) >= 11 is 0. The number of ether oxygens (including phenoxy) is 2. The van der Waals surface area contributed by atoms with Gasteiger partial charge in [-0.3, -0.25) is 0 Å². The van der Waals surface area contributed by atoms with Crippen molar-refractivity contribution in [2.24, 2.45) is 5.92 Å². The third-order valence-corrected chi connectivity index (χ3v) is 6.71. The van der Waals surface area contributed by atoms with Crippen LogP contribution < -0.4 is 9.64 Å². The number of aromatic nitrogens is 3. The SMILES string of the molecule is CN1CCN(c2ccc(OC[C@H]3COC(Cn4cncn4)(c4ccc(F)cc4F)C3)cc2)CC1. The molecule has 0 radical (unpaired) electrons. The van der Waals surface area contributed by atoms with E-state index in [4.69, 9.17) is 9.47 Å². The average molecular weight is 470 g/mol. The Morgan fingerprint density at radius 2 is 1.88 bits per heavy atom. The summed E-state index contributed by atoms with van der Waals surface area (Å²) in [5.41, 5.74) is 0.553. The van der Waals surface area contributed by atoms with Crippen LogP contribution in [0.3, 0.4) is 0 Å². The van der Waals surface area contributed by atoms with Crippen LogP contribution in [-0.4, -0.2) is 66.1 Å². The maximum Gasteiger partial charge on any atom is 0.137 e. The van der Waals surface area contributed by atoms with Crippen molar-refractivity contribution in [3.05, 3.63) is 72.3 Å². The fraction of sp³-hybridized carbons (Fsp3) is 0.440. The molecule has 0 amide bonds. The summed E-state index contributed by atoms with van der Waals surface area (Å²) in [6, 6.07) is 11.8. The number of halogens is 2. The van der Waals surface area contributed by atoms with Gasteiger partial charge in [0.25, 0.3) is 0 Å². The molecule has 2 aromatic carbocycles. The first-order valence-corrected chi connectivity index (χ1v) is 11.6. The topological polar surface area (TPSA) is 55.7 Å². The fourth-order valence-corrected chi connectivity index (χ4v) is 4.82. The standard InChI is InChI=1S/C25H29F2N5O2/c1-30-8-10-31(11-9-30)21-3-5-22(6-4-21)33-14-19-13-25(34-15-19,16-32-18-28-17-29-32)23-7-2-20(26)12-24(23)27/h2-7,12,17-19H,8-11,13-16H2,1H3/t19-,25?/m0/s1. The highest BCUT2D eigenvalue weighted by Crippen LogP contribution is 2.42. The zero-order valence-corrected chi connectivity index (χ0v) is 19.2. The third-order valence-electron chi connectivity index (χ3n) is 6.71. The van der Waals surface area contributed by atoms with Crippen LogP contribution in [-0.2, 0) is 16.9 Å². The van der Waals surface area contributed by atoms with Gasteiger partial charge in [0.1, 0.15) is 35.6 Å². The largest absolute Gasteiger partial charge is 0.493 e. The quantitative estimate of drug-likeness (QED) is 0.529. The summed E-state index contributed by atoms with van der Waals surface area (Å²) < 4.78 is 42.2. The second kappa shape index (κ2) is 9.68. The molecule has 3 heterocycles. The van der Waals surface area contributed by atoms with E-state index in [-0.39, 0.29) is 12.5 Å². The summed E-state index contributed by atoms with van der Waals surface area (Å²) in [5.74, 6) is -0.402. The van der Waals surface area contributed by atoms with Crippen molar-refractivity contribution < 1.29 is 18.3 Å². The van der Waals surface area contributed by atoms with Crippen LogP contribution in [0.15, 0.2) is 55.1 Å². The molecule has 3 aromatic rings. The highest BCUT2D eigenvalue weighted by atomic mass is 19.1. The van der Waals surface area contributed by atoms with E-state index in [2.05, 4.69) is 39.1 Å². The minimum atomic E-state index is -0.967. The molecule has 1 unspecified atom stereocenters. The molecular formula is C25H29F2N5O2. The normalized spacial score (nSPS) is 23.4. The number of hydrogen-bond donors (Lipinski definition) is 0. The Bertz CT molecular complexity index is 1090. The molecule has 0 bridgehead atoms. The minimum Gasteiger partial charge on any atom is -0.493 e. The van der Waals surface area contributed by atoms with Crippen LogP contribution in [0.25, 0.3) is 0 Å². The van der Waals surface area contributed by atoms with E-state index in [0.29, 0.717) is 25.2 Å². The van der Waals surface area contributed by atoms with Gasteiger partial charge in [-0.15, -0.1) is 0 Å². The van der Waals surface area contributed by atoms with Gasteiger partial charge < -0.3 is 19.3 Å². The Morgan fingerprint density at radius 3 is 2.59 bits per heavy atom. The predicted molar refractivity (Wildman–Crippen MR) is 124 cm³/mol. The third kappa shape index (κ3) is 4.90. The van der Waals surface area contributed by atoms with E-state index in [1.165, 1.54) is 24.1 Å². The first-order chi connectivity index (χ1) is 16.5. The lowest BCUT2D eigenvalue weighted by molar-refractivity contribution is -0.0206. The summed E-state index contributed by atoms with van der Waals surface area (Å²) in [5, 5.41) is 4.16. The summed E-state index contributed by atoms with van der Waals surface area (Å²) in [4.78, 5) is 8.69. The lowest BCUT2D eigenvalue weighted by Crippen LogP contribution is -2.44. The van der Waals surface area contributed by atoms with Crippen molar-refractivity contribution in [2.75, 3.05) is 51.3 Å². The van der Waals surface area contributed by atoms with Gasteiger partial charge in [0, 0.05) is 49.4 Å². The van der Waals surface area contributed by atoms with Crippen molar-refractivity contribution in [2.45, 2.75) is 18.6 Å². The van der Waals surface area contributed by atoms with Crippen LogP contribution in [0.2, 0.25) is 0 Å². The molecule has 1 aromatic heterocycles. The van der Waals surface area contributed by atoms with Gasteiger partial charge in [-0.05, 0) is 43.8 Å². The number of likely N-dealkylation sites (N-methyl/N-ethyl adjacent to an activating group) is 1. The molecule has 2 aliphatic rings. The first-order valence-electron chi connectivity index (χ1n) is 11.6. The summed E-state index contributed by atoms with van der Waals surface area (Å²) in [6.45, 7) is 5.29. The second-order valence-corrected chi connectivity index (χ2v) is 9.19. The number of piperazine rings is 1. The van der Waals surface area contributed by atoms with Gasteiger partial charge >= 0.3 is 0 Å². The van der Waals surface area contributed by atoms with Gasteiger partial charge in [0.05, 0.1) is 19.8 Å². The van der Waals surface area contributed by atoms with Crippen molar-refractivity contribution in [1.82, 2.24) is 19.7 Å². The Hall–Kier alpha value is -3.04. The van der Waals surface area contributed by atoms with Gasteiger partial charge in [-0.25, -0.2) is 18.4 Å². The van der Waals surface area contributed by atoms with Crippen LogP contribution in [0, 0.1) is 17.6 Å². The Labute approximate surface area is 197 Å². The highest BCUT2D eigenvalue weighted by Gasteiger charge is 2.44. The van der Waals surface area contributed by atoms with Crippen LogP contribution >= 0.6 is 0 Å². The molecule has 9 heteroatoms. The maximum absolute atomic E-state index is 14.8. The van der Waals surface area contributed by atoms with Gasteiger partial charge in [-0.2, -0.15) is 5.10 Å². The zero-order chi connectivity index (χ0) is 23.5. The molecule has 0 spiro atoms. The molecular weight excluding hydrogens is 440 g/mol. The van der Waals surface area contributed by atoms with Gasteiger partial charge in [-0.1, -0.05) is 6.07 Å². The van der Waals surface area contributed by atoms with E-state index in [9.17, 15) is 8.78 Å². The second-order valence-electron chi connectivity index (χ2n) is 9.19. The number of anilines is 1. The van der Waals surface area contributed by atoms with E-state index in [0.717, 1.165) is 38.0 Å². The van der Waals surface area contributed by atoms with Crippen LogP contribution in [0.5, 0.6) is 5.75 Å². The average Bonchev–Trinajstić information content (AvgIpc) is 3.49. The molecule has 34 heavy (non-hydrogen) atoms. The monoisotopic (exact) mass is 469 g/mol. The Balaban J connectivity index is 1.25. The summed E-state index contributed by atoms with van der Waals surface area (Å²) in [6.07, 6.45) is 3.52. The first kappa shape index (κ1) is 22.7. The molecule has 2 saturated heterocycles. The number of nitrogens with zero attached hydrogens (tertiary/aromatic N) is 5. The molecule has 2 fully saturated rings. The van der Waals surface area contributed by atoms with Crippen molar-refractivity contribution in [1.29, 1.82) is 0 Å². The minimum absolute atomic E-state index is 0.0466. The zero-order valence-electron chi connectivity index (χ0n) is 19.2. The van der Waals surface area contributed by atoms with Crippen molar-refractivity contribution >= 4 is 5.69 Å². The number of benzene rings is 2. The van der Waals surface area contributed by atoms with E-state index < -0.39 is 17.2 Å². The van der Waals surface area contributed by atoms with E-state index in [1.807, 2.05) is 12.1 Å². The van der Waals surface area contributed by atoms with Crippen LogP contribution in [0.4, 0.5) is 14.5 Å². The predicted octanol–water partition coefficient (Wildman–Crippen LogP) is 3.32.